The fourth-order valence-corrected chi connectivity index (χ4v) is 2.70. The molecule has 0 aromatic heterocycles. The minimum atomic E-state index is -0.338. The van der Waals surface area contributed by atoms with Gasteiger partial charge in [-0.3, -0.25) is 4.79 Å². The molecule has 1 amide bonds. The quantitative estimate of drug-likeness (QED) is 0.880. The van der Waals surface area contributed by atoms with Crippen LogP contribution in [-0.2, 0) is 4.74 Å². The van der Waals surface area contributed by atoms with Gasteiger partial charge in [0.2, 0.25) is 0 Å². The van der Waals surface area contributed by atoms with Crippen molar-refractivity contribution in [1.29, 1.82) is 0 Å². The molecule has 2 heterocycles. The van der Waals surface area contributed by atoms with Crippen LogP contribution in [0.1, 0.15) is 10.4 Å². The molecule has 2 aliphatic heterocycles. The van der Waals surface area contributed by atoms with Crippen molar-refractivity contribution in [3.63, 3.8) is 0 Å². The third-order valence-electron chi connectivity index (χ3n) is 3.47. The molecule has 1 atom stereocenters. The number of ether oxygens (including phenoxy) is 3. The van der Waals surface area contributed by atoms with Crippen molar-refractivity contribution in [1.82, 2.24) is 4.90 Å². The first-order valence-electron chi connectivity index (χ1n) is 6.80. The van der Waals surface area contributed by atoms with Crippen molar-refractivity contribution in [2.24, 2.45) is 0 Å². The van der Waals surface area contributed by atoms with Crippen LogP contribution in [-0.4, -0.2) is 61.5 Å². The predicted molar refractivity (Wildman–Crippen MR) is 75.2 cm³/mol. The predicted octanol–water partition coefficient (Wildman–Crippen LogP) is 0.944. The van der Waals surface area contributed by atoms with Crippen LogP contribution < -0.4 is 9.47 Å². The number of fused-ring (bicyclic) bond motifs is 1. The molecule has 114 valence electrons. The molecule has 7 heteroatoms. The molecule has 0 saturated carbocycles. The third kappa shape index (κ3) is 2.92. The van der Waals surface area contributed by atoms with Gasteiger partial charge in [0.15, 0.2) is 11.5 Å². The van der Waals surface area contributed by atoms with Crippen LogP contribution in [0.3, 0.4) is 0 Å². The average molecular weight is 314 g/mol. The van der Waals surface area contributed by atoms with E-state index in [1.807, 2.05) is 0 Å². The monoisotopic (exact) mass is 313 g/mol. The van der Waals surface area contributed by atoms with Gasteiger partial charge in [0.25, 0.3) is 5.91 Å². The Bertz CT molecular complexity index is 550. The SMILES string of the molecule is O=C(c1cc(Cl)c2c(c1)OCCO2)N1CCOC(CO)C1. The minimum absolute atomic E-state index is 0.105. The van der Waals surface area contributed by atoms with Crippen LogP contribution in [0.4, 0.5) is 0 Å². The second-order valence-electron chi connectivity index (χ2n) is 4.91. The first kappa shape index (κ1) is 14.4. The van der Waals surface area contributed by atoms with Gasteiger partial charge >= 0.3 is 0 Å². The van der Waals surface area contributed by atoms with E-state index >= 15 is 0 Å². The number of rotatable bonds is 2. The first-order chi connectivity index (χ1) is 10.2. The van der Waals surface area contributed by atoms with Gasteiger partial charge in [-0.05, 0) is 12.1 Å². The highest BCUT2D eigenvalue weighted by Crippen LogP contribution is 2.38. The number of halogens is 1. The van der Waals surface area contributed by atoms with Crippen molar-refractivity contribution in [3.05, 3.63) is 22.7 Å². The second kappa shape index (κ2) is 6.09. The summed E-state index contributed by atoms with van der Waals surface area (Å²) >= 11 is 6.15. The Morgan fingerprint density at radius 3 is 2.95 bits per heavy atom. The van der Waals surface area contributed by atoms with Crippen LogP contribution in [0.15, 0.2) is 12.1 Å². The summed E-state index contributed by atoms with van der Waals surface area (Å²) in [7, 11) is 0. The lowest BCUT2D eigenvalue weighted by atomic mass is 10.1. The van der Waals surface area contributed by atoms with Crippen molar-refractivity contribution in [3.8, 4) is 11.5 Å². The molecule has 2 aliphatic rings. The van der Waals surface area contributed by atoms with Crippen molar-refractivity contribution in [2.45, 2.75) is 6.10 Å². The van der Waals surface area contributed by atoms with E-state index < -0.39 is 0 Å². The summed E-state index contributed by atoms with van der Waals surface area (Å²) in [6.07, 6.45) is -0.338. The molecule has 0 aliphatic carbocycles. The maximum absolute atomic E-state index is 12.5. The lowest BCUT2D eigenvalue weighted by molar-refractivity contribution is -0.0447. The summed E-state index contributed by atoms with van der Waals surface area (Å²) in [5.41, 5.74) is 0.447. The zero-order valence-corrected chi connectivity index (χ0v) is 12.1. The average Bonchev–Trinajstić information content (AvgIpc) is 2.54. The summed E-state index contributed by atoms with van der Waals surface area (Å²) in [6.45, 7) is 2.04. The summed E-state index contributed by atoms with van der Waals surface area (Å²) in [6, 6.07) is 3.23. The van der Waals surface area contributed by atoms with Gasteiger partial charge in [-0.15, -0.1) is 0 Å². The number of carbonyl (C=O) groups is 1. The molecule has 0 bridgehead atoms. The summed E-state index contributed by atoms with van der Waals surface area (Å²) < 4.78 is 16.3. The Kier molecular flexibility index (Phi) is 4.19. The van der Waals surface area contributed by atoms with E-state index in [0.717, 1.165) is 0 Å². The van der Waals surface area contributed by atoms with Gasteiger partial charge in [-0.2, -0.15) is 0 Å². The number of hydrogen-bond donors (Lipinski definition) is 1. The largest absolute Gasteiger partial charge is 0.486 e. The van der Waals surface area contributed by atoms with Gasteiger partial charge < -0.3 is 24.2 Å². The molecule has 1 aromatic carbocycles. The molecule has 1 fully saturated rings. The number of amides is 1. The number of hydrogen-bond acceptors (Lipinski definition) is 5. The maximum atomic E-state index is 12.5. The fraction of sp³-hybridized carbons (Fsp3) is 0.500. The molecule has 0 radical (unpaired) electrons. The van der Waals surface area contributed by atoms with E-state index in [-0.39, 0.29) is 18.6 Å². The Hall–Kier alpha value is -1.50. The zero-order chi connectivity index (χ0) is 14.8. The van der Waals surface area contributed by atoms with Gasteiger partial charge in [-0.1, -0.05) is 11.6 Å². The lowest BCUT2D eigenvalue weighted by Crippen LogP contribution is -2.46. The number of benzene rings is 1. The molecule has 1 unspecified atom stereocenters. The van der Waals surface area contributed by atoms with Crippen LogP contribution in [0.25, 0.3) is 0 Å². The lowest BCUT2D eigenvalue weighted by Gasteiger charge is -2.32. The number of nitrogens with zero attached hydrogens (tertiary/aromatic N) is 1. The molecular weight excluding hydrogens is 298 g/mol. The topological polar surface area (TPSA) is 68.2 Å². The smallest absolute Gasteiger partial charge is 0.254 e. The molecule has 1 N–H and O–H groups in total. The Labute approximate surface area is 127 Å². The molecule has 0 spiro atoms. The first-order valence-corrected chi connectivity index (χ1v) is 7.17. The normalized spacial score (nSPS) is 21.2. The summed E-state index contributed by atoms with van der Waals surface area (Å²) in [4.78, 5) is 14.2. The van der Waals surface area contributed by atoms with Crippen LogP contribution in [0, 0.1) is 0 Å². The minimum Gasteiger partial charge on any atom is -0.486 e. The summed E-state index contributed by atoms with van der Waals surface area (Å²) in [5, 5.41) is 9.51. The standard InChI is InChI=1S/C14H16ClNO5/c15-11-5-9(6-12-13(11)21-4-3-20-12)14(18)16-1-2-19-10(7-16)8-17/h5-6,10,17H,1-4,7-8H2. The van der Waals surface area contributed by atoms with E-state index in [2.05, 4.69) is 0 Å². The Morgan fingerprint density at radius 1 is 1.33 bits per heavy atom. The van der Waals surface area contributed by atoms with Crippen molar-refractivity contribution in [2.75, 3.05) is 39.5 Å². The maximum Gasteiger partial charge on any atom is 0.254 e. The van der Waals surface area contributed by atoms with Gasteiger partial charge in [0.1, 0.15) is 13.2 Å². The van der Waals surface area contributed by atoms with E-state index in [4.69, 9.17) is 30.9 Å². The highest BCUT2D eigenvalue weighted by Gasteiger charge is 2.26. The molecule has 1 aromatic rings. The number of carbonyl (C=O) groups excluding carboxylic acids is 1. The zero-order valence-electron chi connectivity index (χ0n) is 11.4. The van der Waals surface area contributed by atoms with Crippen LogP contribution in [0.2, 0.25) is 5.02 Å². The molecular formula is C14H16ClNO5. The Morgan fingerprint density at radius 2 is 2.14 bits per heavy atom. The molecule has 3 rings (SSSR count). The second-order valence-corrected chi connectivity index (χ2v) is 5.32. The van der Waals surface area contributed by atoms with Crippen LogP contribution >= 0.6 is 11.6 Å². The van der Waals surface area contributed by atoms with Gasteiger partial charge in [-0.25, -0.2) is 0 Å². The van der Waals surface area contributed by atoms with E-state index in [1.54, 1.807) is 17.0 Å². The van der Waals surface area contributed by atoms with Gasteiger partial charge in [0, 0.05) is 18.7 Å². The van der Waals surface area contributed by atoms with Crippen LogP contribution in [0.5, 0.6) is 11.5 Å². The summed E-state index contributed by atoms with van der Waals surface area (Å²) in [5.74, 6) is 0.814. The van der Waals surface area contributed by atoms with E-state index in [0.29, 0.717) is 55.0 Å². The fourth-order valence-electron chi connectivity index (χ4n) is 2.43. The highest BCUT2D eigenvalue weighted by molar-refractivity contribution is 6.32. The van der Waals surface area contributed by atoms with Crippen molar-refractivity contribution < 1.29 is 24.1 Å². The van der Waals surface area contributed by atoms with E-state index in [1.165, 1.54) is 0 Å². The molecule has 1 saturated heterocycles. The number of morpholine rings is 1. The molecule has 6 nitrogen and oxygen atoms in total. The highest BCUT2D eigenvalue weighted by atomic mass is 35.5. The third-order valence-corrected chi connectivity index (χ3v) is 3.75. The number of aliphatic hydroxyl groups excluding tert-OH is 1. The van der Waals surface area contributed by atoms with E-state index in [9.17, 15) is 4.79 Å². The molecule has 21 heavy (non-hydrogen) atoms. The Balaban J connectivity index is 1.83. The van der Waals surface area contributed by atoms with Crippen molar-refractivity contribution >= 4 is 17.5 Å². The van der Waals surface area contributed by atoms with Gasteiger partial charge in [0.05, 0.1) is 24.3 Å². The number of aliphatic hydroxyl groups is 1.